The van der Waals surface area contributed by atoms with Gasteiger partial charge in [0.1, 0.15) is 11.9 Å². The summed E-state index contributed by atoms with van der Waals surface area (Å²) in [5.41, 5.74) is 3.92. The number of fused-ring (bicyclic) bond motifs is 1. The monoisotopic (exact) mass is 375 g/mol. The van der Waals surface area contributed by atoms with Gasteiger partial charge in [0, 0.05) is 49.8 Å². The minimum atomic E-state index is 0.0600. The van der Waals surface area contributed by atoms with E-state index in [2.05, 4.69) is 28.2 Å². The van der Waals surface area contributed by atoms with Crippen LogP contribution < -0.4 is 4.74 Å². The molecular formula is C23H25N3O2. The number of likely N-dealkylation sites (tertiary alicyclic amines) is 1. The lowest BCUT2D eigenvalue weighted by atomic mass is 10.0. The molecule has 28 heavy (non-hydrogen) atoms. The average molecular weight is 375 g/mol. The Bertz CT molecular complexity index is 961. The van der Waals surface area contributed by atoms with Crippen LogP contribution in [0.25, 0.3) is 22.2 Å². The van der Waals surface area contributed by atoms with E-state index >= 15 is 0 Å². The van der Waals surface area contributed by atoms with Gasteiger partial charge in [-0.15, -0.1) is 0 Å². The molecule has 3 aromatic rings. The largest absolute Gasteiger partial charge is 0.490 e. The normalized spacial score (nSPS) is 15.2. The van der Waals surface area contributed by atoms with Crippen molar-refractivity contribution in [2.45, 2.75) is 32.8 Å². The van der Waals surface area contributed by atoms with Gasteiger partial charge in [-0.2, -0.15) is 0 Å². The number of aromatic nitrogens is 2. The van der Waals surface area contributed by atoms with Gasteiger partial charge in [0.15, 0.2) is 0 Å². The zero-order chi connectivity index (χ0) is 19.5. The molecule has 0 spiro atoms. The summed E-state index contributed by atoms with van der Waals surface area (Å²) in [6, 6.07) is 14.0. The summed E-state index contributed by atoms with van der Waals surface area (Å²) >= 11 is 0. The maximum atomic E-state index is 12.1. The topological polar surface area (TPSA) is 55.3 Å². The number of hydrogen-bond acceptors (Lipinski definition) is 4. The summed E-state index contributed by atoms with van der Waals surface area (Å²) in [6.07, 6.45) is 5.57. The van der Waals surface area contributed by atoms with Crippen molar-refractivity contribution in [2.24, 2.45) is 5.92 Å². The molecular weight excluding hydrogens is 350 g/mol. The van der Waals surface area contributed by atoms with E-state index in [0.717, 1.165) is 53.8 Å². The highest BCUT2D eigenvalue weighted by molar-refractivity contribution is 5.80. The fourth-order valence-electron chi connectivity index (χ4n) is 3.59. The molecule has 0 radical (unpaired) electrons. The summed E-state index contributed by atoms with van der Waals surface area (Å²) in [5, 5.41) is 0. The number of amides is 1. The summed E-state index contributed by atoms with van der Waals surface area (Å²) in [5.74, 6) is 1.16. The molecule has 1 fully saturated rings. The molecule has 144 valence electrons. The van der Waals surface area contributed by atoms with E-state index in [9.17, 15) is 4.79 Å². The van der Waals surface area contributed by atoms with Crippen LogP contribution in [-0.2, 0) is 4.79 Å². The van der Waals surface area contributed by atoms with Crippen LogP contribution in [0.2, 0.25) is 0 Å². The Labute approximate surface area is 165 Å². The SMILES string of the molecule is CC(C)C(=O)N1CCC(Oc2ccc(-c3cnc4cccnc4c3)cc2)CC1. The van der Waals surface area contributed by atoms with E-state index in [-0.39, 0.29) is 17.9 Å². The summed E-state index contributed by atoms with van der Waals surface area (Å²) in [6.45, 7) is 5.45. The molecule has 0 unspecified atom stereocenters. The number of carbonyl (C=O) groups excluding carboxylic acids is 1. The second-order valence-electron chi connectivity index (χ2n) is 7.59. The first-order valence-corrected chi connectivity index (χ1v) is 9.87. The highest BCUT2D eigenvalue weighted by atomic mass is 16.5. The average Bonchev–Trinajstić information content (AvgIpc) is 2.74. The van der Waals surface area contributed by atoms with Gasteiger partial charge < -0.3 is 9.64 Å². The van der Waals surface area contributed by atoms with Gasteiger partial charge in [-0.1, -0.05) is 26.0 Å². The minimum absolute atomic E-state index is 0.0600. The Morgan fingerprint density at radius 3 is 2.50 bits per heavy atom. The van der Waals surface area contributed by atoms with Crippen LogP contribution in [0.4, 0.5) is 0 Å². The Morgan fingerprint density at radius 1 is 1.04 bits per heavy atom. The number of hydrogen-bond donors (Lipinski definition) is 0. The summed E-state index contributed by atoms with van der Waals surface area (Å²) in [7, 11) is 0. The van der Waals surface area contributed by atoms with Crippen molar-refractivity contribution in [1.82, 2.24) is 14.9 Å². The van der Waals surface area contributed by atoms with Crippen LogP contribution in [-0.4, -0.2) is 40.0 Å². The predicted molar refractivity (Wildman–Crippen MR) is 110 cm³/mol. The number of rotatable bonds is 4. The number of nitrogens with zero attached hydrogens (tertiary/aromatic N) is 3. The first-order chi connectivity index (χ1) is 13.6. The van der Waals surface area contributed by atoms with E-state index in [4.69, 9.17) is 4.74 Å². The van der Waals surface area contributed by atoms with Crippen molar-refractivity contribution in [3.8, 4) is 16.9 Å². The predicted octanol–water partition coefficient (Wildman–Crippen LogP) is 4.32. The van der Waals surface area contributed by atoms with Gasteiger partial charge in [-0.05, 0) is 35.9 Å². The van der Waals surface area contributed by atoms with Crippen molar-refractivity contribution in [2.75, 3.05) is 13.1 Å². The molecule has 3 heterocycles. The molecule has 0 saturated carbocycles. The first kappa shape index (κ1) is 18.4. The van der Waals surface area contributed by atoms with Crippen LogP contribution >= 0.6 is 0 Å². The lowest BCUT2D eigenvalue weighted by Crippen LogP contribution is -2.43. The quantitative estimate of drug-likeness (QED) is 0.681. The van der Waals surface area contributed by atoms with E-state index in [1.165, 1.54) is 0 Å². The van der Waals surface area contributed by atoms with Crippen molar-refractivity contribution < 1.29 is 9.53 Å². The molecule has 5 heteroatoms. The first-order valence-electron chi connectivity index (χ1n) is 9.87. The molecule has 0 atom stereocenters. The Balaban J connectivity index is 1.39. The smallest absolute Gasteiger partial charge is 0.225 e. The molecule has 4 rings (SSSR count). The molecule has 0 bridgehead atoms. The number of ether oxygens (including phenoxy) is 1. The van der Waals surface area contributed by atoms with Gasteiger partial charge >= 0.3 is 0 Å². The fraction of sp³-hybridized carbons (Fsp3) is 0.348. The molecule has 1 aromatic carbocycles. The maximum Gasteiger partial charge on any atom is 0.225 e. The van der Waals surface area contributed by atoms with Gasteiger partial charge in [-0.3, -0.25) is 14.8 Å². The number of piperidine rings is 1. The third-order valence-electron chi connectivity index (χ3n) is 5.19. The number of pyridine rings is 2. The van der Waals surface area contributed by atoms with E-state index < -0.39 is 0 Å². The van der Waals surface area contributed by atoms with E-state index in [1.54, 1.807) is 6.20 Å². The summed E-state index contributed by atoms with van der Waals surface area (Å²) in [4.78, 5) is 22.9. The van der Waals surface area contributed by atoms with E-state index in [0.29, 0.717) is 0 Å². The van der Waals surface area contributed by atoms with Gasteiger partial charge in [0.05, 0.1) is 11.0 Å². The van der Waals surface area contributed by atoms with Crippen molar-refractivity contribution >= 4 is 16.9 Å². The molecule has 2 aromatic heterocycles. The molecule has 1 aliphatic rings. The molecule has 1 amide bonds. The lowest BCUT2D eigenvalue weighted by Gasteiger charge is -2.33. The fourth-order valence-corrected chi connectivity index (χ4v) is 3.59. The molecule has 5 nitrogen and oxygen atoms in total. The molecule has 0 aliphatic carbocycles. The highest BCUT2D eigenvalue weighted by Crippen LogP contribution is 2.26. The van der Waals surface area contributed by atoms with Gasteiger partial charge in [-0.25, -0.2) is 0 Å². The van der Waals surface area contributed by atoms with Crippen LogP contribution in [0.1, 0.15) is 26.7 Å². The molecule has 1 saturated heterocycles. The zero-order valence-electron chi connectivity index (χ0n) is 16.3. The van der Waals surface area contributed by atoms with Crippen molar-refractivity contribution in [1.29, 1.82) is 0 Å². The zero-order valence-corrected chi connectivity index (χ0v) is 16.3. The Morgan fingerprint density at radius 2 is 1.79 bits per heavy atom. The van der Waals surface area contributed by atoms with Crippen LogP contribution in [0.15, 0.2) is 54.9 Å². The van der Waals surface area contributed by atoms with Crippen molar-refractivity contribution in [3.05, 3.63) is 54.9 Å². The molecule has 1 aliphatic heterocycles. The second-order valence-corrected chi connectivity index (χ2v) is 7.59. The van der Waals surface area contributed by atoms with Gasteiger partial charge in [0.25, 0.3) is 0 Å². The minimum Gasteiger partial charge on any atom is -0.490 e. The van der Waals surface area contributed by atoms with Crippen LogP contribution in [0, 0.1) is 5.92 Å². The Hall–Kier alpha value is -2.95. The number of carbonyl (C=O) groups is 1. The Kier molecular flexibility index (Phi) is 5.24. The van der Waals surface area contributed by atoms with Gasteiger partial charge in [0.2, 0.25) is 5.91 Å². The lowest BCUT2D eigenvalue weighted by molar-refractivity contribution is -0.136. The van der Waals surface area contributed by atoms with Crippen molar-refractivity contribution in [3.63, 3.8) is 0 Å². The van der Waals surface area contributed by atoms with E-state index in [1.807, 2.05) is 49.2 Å². The summed E-state index contributed by atoms with van der Waals surface area (Å²) < 4.78 is 6.14. The standard InChI is InChI=1S/C23H25N3O2/c1-16(2)23(27)26-12-9-20(10-13-26)28-19-7-5-17(6-8-19)18-14-22-21(25-15-18)4-3-11-24-22/h3-8,11,14-16,20H,9-10,12-13H2,1-2H3. The maximum absolute atomic E-state index is 12.1. The molecule has 0 N–H and O–H groups in total. The number of benzene rings is 1. The van der Waals surface area contributed by atoms with Crippen LogP contribution in [0.3, 0.4) is 0 Å². The third kappa shape index (κ3) is 3.98. The van der Waals surface area contributed by atoms with Crippen LogP contribution in [0.5, 0.6) is 5.75 Å². The second kappa shape index (κ2) is 7.97. The third-order valence-corrected chi connectivity index (χ3v) is 5.19. The highest BCUT2D eigenvalue weighted by Gasteiger charge is 2.25.